The van der Waals surface area contributed by atoms with E-state index >= 15 is 0 Å². The van der Waals surface area contributed by atoms with Crippen LogP contribution in [0.4, 0.5) is 4.39 Å². The van der Waals surface area contributed by atoms with Crippen molar-refractivity contribution < 1.29 is 14.0 Å². The number of halogens is 1. The molecule has 0 aromatic heterocycles. The van der Waals surface area contributed by atoms with Crippen molar-refractivity contribution in [2.75, 3.05) is 6.54 Å². The number of hydrogen-bond donors (Lipinski definition) is 1. The van der Waals surface area contributed by atoms with Gasteiger partial charge in [0.25, 0.3) is 0 Å². The molecule has 2 amide bonds. The van der Waals surface area contributed by atoms with Crippen LogP contribution in [0.15, 0.2) is 54.6 Å². The lowest BCUT2D eigenvalue weighted by Crippen LogP contribution is -2.59. The van der Waals surface area contributed by atoms with Gasteiger partial charge in [0.1, 0.15) is 11.9 Å². The minimum Gasteiger partial charge on any atom is -0.346 e. The van der Waals surface area contributed by atoms with Gasteiger partial charge >= 0.3 is 0 Å². The van der Waals surface area contributed by atoms with Gasteiger partial charge in [-0.25, -0.2) is 4.39 Å². The Balaban J connectivity index is 1.57. The largest absolute Gasteiger partial charge is 0.346 e. The lowest BCUT2D eigenvalue weighted by molar-refractivity contribution is -0.146. The van der Waals surface area contributed by atoms with Crippen LogP contribution in [0, 0.1) is 17.7 Å². The second-order valence-electron chi connectivity index (χ2n) is 8.58. The lowest BCUT2D eigenvalue weighted by Gasteiger charge is -2.40. The molecule has 2 aromatic carbocycles. The van der Waals surface area contributed by atoms with Gasteiger partial charge in [-0.05, 0) is 36.3 Å². The summed E-state index contributed by atoms with van der Waals surface area (Å²) in [6.07, 6.45) is 1.41. The van der Waals surface area contributed by atoms with Crippen LogP contribution in [0.5, 0.6) is 0 Å². The van der Waals surface area contributed by atoms with Gasteiger partial charge in [-0.15, -0.1) is 0 Å². The number of rotatable bonds is 5. The molecule has 4 atom stereocenters. The Morgan fingerprint density at radius 1 is 1.14 bits per heavy atom. The summed E-state index contributed by atoms with van der Waals surface area (Å²) in [6, 6.07) is 15.5. The first kappa shape index (κ1) is 19.6. The Kier molecular flexibility index (Phi) is 5.39. The first-order chi connectivity index (χ1) is 14.0. The van der Waals surface area contributed by atoms with Gasteiger partial charge in [0, 0.05) is 18.0 Å². The third-order valence-electron chi connectivity index (χ3n) is 5.97. The normalized spacial score (nSPS) is 26.3. The number of nitrogens with zero attached hydrogens (tertiary/aromatic N) is 1. The van der Waals surface area contributed by atoms with Crippen molar-refractivity contribution in [3.05, 3.63) is 71.5 Å². The van der Waals surface area contributed by atoms with Crippen molar-refractivity contribution in [2.24, 2.45) is 11.8 Å². The summed E-state index contributed by atoms with van der Waals surface area (Å²) in [5, 5.41) is 2.94. The Morgan fingerprint density at radius 3 is 2.52 bits per heavy atom. The molecule has 2 aromatic rings. The maximum atomic E-state index is 14.3. The summed E-state index contributed by atoms with van der Waals surface area (Å²) in [6.45, 7) is 4.40. The zero-order valence-electron chi connectivity index (χ0n) is 16.8. The quantitative estimate of drug-likeness (QED) is 0.832. The molecule has 2 fully saturated rings. The molecule has 2 aliphatic rings. The minimum absolute atomic E-state index is 0.0145. The summed E-state index contributed by atoms with van der Waals surface area (Å²) in [4.78, 5) is 28.0. The number of nitrogens with one attached hydrogen (secondary N) is 1. The monoisotopic (exact) mass is 394 g/mol. The van der Waals surface area contributed by atoms with Gasteiger partial charge in [-0.1, -0.05) is 62.4 Å². The van der Waals surface area contributed by atoms with Gasteiger partial charge in [0.05, 0.1) is 6.04 Å². The summed E-state index contributed by atoms with van der Waals surface area (Å²) < 4.78 is 14.3. The number of carbonyl (C=O) groups excluding carboxylic acids is 2. The Hall–Kier alpha value is -2.69. The van der Waals surface area contributed by atoms with Gasteiger partial charge in [-0.2, -0.15) is 0 Å². The number of hydrogen-bond acceptors (Lipinski definition) is 2. The Bertz CT molecular complexity index is 899. The van der Waals surface area contributed by atoms with Crippen molar-refractivity contribution in [1.82, 2.24) is 10.2 Å². The predicted octanol–water partition coefficient (Wildman–Crippen LogP) is 4.04. The topological polar surface area (TPSA) is 49.4 Å². The van der Waals surface area contributed by atoms with Crippen LogP contribution in [0.2, 0.25) is 0 Å². The molecule has 4 rings (SSSR count). The fourth-order valence-corrected chi connectivity index (χ4v) is 4.39. The van der Waals surface area contributed by atoms with Gasteiger partial charge in [-0.3, -0.25) is 9.59 Å². The van der Waals surface area contributed by atoms with Crippen LogP contribution in [-0.4, -0.2) is 29.3 Å². The van der Waals surface area contributed by atoms with Crippen molar-refractivity contribution in [2.45, 2.75) is 44.7 Å². The van der Waals surface area contributed by atoms with Gasteiger partial charge in [0.15, 0.2) is 0 Å². The molecule has 0 radical (unpaired) electrons. The molecule has 1 saturated heterocycles. The van der Waals surface area contributed by atoms with Crippen LogP contribution >= 0.6 is 0 Å². The molecule has 0 unspecified atom stereocenters. The van der Waals surface area contributed by atoms with E-state index in [1.165, 1.54) is 11.6 Å². The van der Waals surface area contributed by atoms with E-state index in [4.69, 9.17) is 0 Å². The maximum Gasteiger partial charge on any atom is 0.243 e. The van der Waals surface area contributed by atoms with E-state index in [0.29, 0.717) is 18.5 Å². The van der Waals surface area contributed by atoms with Crippen molar-refractivity contribution in [3.8, 4) is 0 Å². The minimum atomic E-state index is -0.523. The van der Waals surface area contributed by atoms with Crippen LogP contribution in [-0.2, 0) is 9.59 Å². The first-order valence-electron chi connectivity index (χ1n) is 10.4. The highest BCUT2D eigenvalue weighted by Gasteiger charge is 2.49. The first-order valence-corrected chi connectivity index (χ1v) is 10.4. The summed E-state index contributed by atoms with van der Waals surface area (Å²) in [5.74, 6) is -0.153. The van der Waals surface area contributed by atoms with Crippen LogP contribution in [0.1, 0.15) is 49.8 Å². The fraction of sp³-hybridized carbons (Fsp3) is 0.417. The zero-order valence-corrected chi connectivity index (χ0v) is 16.8. The second-order valence-corrected chi connectivity index (χ2v) is 8.58. The highest BCUT2D eigenvalue weighted by molar-refractivity contribution is 5.91. The average Bonchev–Trinajstić information content (AvgIpc) is 3.50. The molecule has 29 heavy (non-hydrogen) atoms. The smallest absolute Gasteiger partial charge is 0.243 e. The molecule has 1 saturated carbocycles. The Labute approximate surface area is 171 Å². The van der Waals surface area contributed by atoms with Crippen LogP contribution < -0.4 is 5.32 Å². The highest BCUT2D eigenvalue weighted by Crippen LogP contribution is 2.49. The van der Waals surface area contributed by atoms with Gasteiger partial charge < -0.3 is 10.2 Å². The van der Waals surface area contributed by atoms with E-state index in [-0.39, 0.29) is 35.4 Å². The molecule has 0 bridgehead atoms. The van der Waals surface area contributed by atoms with Crippen molar-refractivity contribution in [3.63, 3.8) is 0 Å². The lowest BCUT2D eigenvalue weighted by atomic mass is 9.94. The number of amides is 2. The molecule has 152 valence electrons. The maximum absolute atomic E-state index is 14.3. The van der Waals surface area contributed by atoms with E-state index in [1.807, 2.05) is 32.0 Å². The molecule has 1 aliphatic heterocycles. The fourth-order valence-electron chi connectivity index (χ4n) is 4.39. The molecule has 1 N–H and O–H groups in total. The Morgan fingerprint density at radius 2 is 1.83 bits per heavy atom. The molecule has 1 heterocycles. The second kappa shape index (κ2) is 7.97. The third-order valence-corrected chi connectivity index (χ3v) is 5.97. The van der Waals surface area contributed by atoms with Crippen molar-refractivity contribution >= 4 is 11.8 Å². The molecule has 1 aliphatic carbocycles. The summed E-state index contributed by atoms with van der Waals surface area (Å²) in [7, 11) is 0. The summed E-state index contributed by atoms with van der Waals surface area (Å²) >= 11 is 0. The molecular weight excluding hydrogens is 367 g/mol. The zero-order chi connectivity index (χ0) is 20.5. The van der Waals surface area contributed by atoms with E-state index in [2.05, 4.69) is 17.4 Å². The average molecular weight is 394 g/mol. The molecular formula is C24H27FN2O2. The van der Waals surface area contributed by atoms with Gasteiger partial charge in [0.2, 0.25) is 11.8 Å². The SMILES string of the molecule is CC(C)C[C@H]1C(=O)N[C@@H](c2ccccc2F)CN1C(=O)[C@@H]1C[C@H]1c1ccccc1. The van der Waals surface area contributed by atoms with E-state index in [0.717, 1.165) is 6.42 Å². The molecule has 4 nitrogen and oxygen atoms in total. The summed E-state index contributed by atoms with van der Waals surface area (Å²) in [5.41, 5.74) is 1.59. The van der Waals surface area contributed by atoms with Crippen LogP contribution in [0.3, 0.4) is 0 Å². The van der Waals surface area contributed by atoms with E-state index < -0.39 is 12.1 Å². The predicted molar refractivity (Wildman–Crippen MR) is 110 cm³/mol. The van der Waals surface area contributed by atoms with Crippen LogP contribution in [0.25, 0.3) is 0 Å². The number of benzene rings is 2. The van der Waals surface area contributed by atoms with E-state index in [9.17, 15) is 14.0 Å². The van der Waals surface area contributed by atoms with Crippen molar-refractivity contribution in [1.29, 1.82) is 0 Å². The number of piperazine rings is 1. The van der Waals surface area contributed by atoms with E-state index in [1.54, 1.807) is 23.1 Å². The third kappa shape index (κ3) is 4.04. The molecule has 5 heteroatoms. The highest BCUT2D eigenvalue weighted by atomic mass is 19.1. The standard InChI is InChI=1S/C24H27FN2O2/c1-15(2)12-22-23(28)26-21(17-10-6-7-11-20(17)25)14-27(22)24(29)19-13-18(19)16-8-4-3-5-9-16/h3-11,15,18-19,21-22H,12-14H2,1-2H3,(H,26,28)/t18-,19+,21+,22-/m0/s1. The molecule has 0 spiro atoms. The number of carbonyl (C=O) groups is 2.